The van der Waals surface area contributed by atoms with Crippen LogP contribution < -0.4 is 5.32 Å². The summed E-state index contributed by atoms with van der Waals surface area (Å²) in [6, 6.07) is 7.81. The minimum absolute atomic E-state index is 0.0330. The zero-order valence-corrected chi connectivity index (χ0v) is 11.6. The number of carbonyl (C=O) groups is 1. The van der Waals surface area contributed by atoms with Crippen LogP contribution >= 0.6 is 0 Å². The SMILES string of the molecule is Cc1cccc(NC(=O)CCc2c(C)n[nH]c2C)c1. The van der Waals surface area contributed by atoms with Crippen molar-refractivity contribution in [2.75, 3.05) is 5.32 Å². The van der Waals surface area contributed by atoms with Gasteiger partial charge in [0.15, 0.2) is 0 Å². The fourth-order valence-electron chi connectivity index (χ4n) is 2.13. The van der Waals surface area contributed by atoms with Crippen LogP contribution in [0.2, 0.25) is 0 Å². The second-order valence-corrected chi connectivity index (χ2v) is 4.83. The maximum Gasteiger partial charge on any atom is 0.224 e. The van der Waals surface area contributed by atoms with Crippen molar-refractivity contribution < 1.29 is 4.79 Å². The van der Waals surface area contributed by atoms with E-state index in [9.17, 15) is 4.79 Å². The summed E-state index contributed by atoms with van der Waals surface area (Å²) in [6.07, 6.45) is 1.18. The molecule has 0 bridgehead atoms. The molecule has 0 radical (unpaired) electrons. The molecule has 2 aromatic rings. The largest absolute Gasteiger partial charge is 0.326 e. The van der Waals surface area contributed by atoms with Crippen LogP contribution in [0.5, 0.6) is 0 Å². The molecular weight excluding hydrogens is 238 g/mol. The van der Waals surface area contributed by atoms with Crippen molar-refractivity contribution in [1.82, 2.24) is 10.2 Å². The molecular formula is C15H19N3O. The number of benzene rings is 1. The van der Waals surface area contributed by atoms with E-state index in [0.717, 1.165) is 28.2 Å². The van der Waals surface area contributed by atoms with Crippen molar-refractivity contribution in [3.8, 4) is 0 Å². The number of nitrogens with zero attached hydrogens (tertiary/aromatic N) is 1. The predicted octanol–water partition coefficient (Wildman–Crippen LogP) is 2.91. The Kier molecular flexibility index (Phi) is 4.00. The fraction of sp³-hybridized carbons (Fsp3) is 0.333. The van der Waals surface area contributed by atoms with Gasteiger partial charge in [0.1, 0.15) is 0 Å². The lowest BCUT2D eigenvalue weighted by molar-refractivity contribution is -0.116. The second kappa shape index (κ2) is 5.69. The van der Waals surface area contributed by atoms with Crippen LogP contribution in [0.4, 0.5) is 5.69 Å². The second-order valence-electron chi connectivity index (χ2n) is 4.83. The Hall–Kier alpha value is -2.10. The number of aromatic amines is 1. The molecule has 0 atom stereocenters. The molecule has 0 aliphatic heterocycles. The summed E-state index contributed by atoms with van der Waals surface area (Å²) in [4.78, 5) is 11.9. The first-order chi connectivity index (χ1) is 9.06. The third-order valence-electron chi connectivity index (χ3n) is 3.18. The first kappa shape index (κ1) is 13.3. The van der Waals surface area contributed by atoms with E-state index in [0.29, 0.717) is 12.8 Å². The zero-order valence-electron chi connectivity index (χ0n) is 11.6. The van der Waals surface area contributed by atoms with Crippen molar-refractivity contribution in [3.63, 3.8) is 0 Å². The number of H-pyrrole nitrogens is 1. The average Bonchev–Trinajstić information content (AvgIpc) is 2.67. The van der Waals surface area contributed by atoms with Gasteiger partial charge in [0.25, 0.3) is 0 Å². The first-order valence-electron chi connectivity index (χ1n) is 6.43. The van der Waals surface area contributed by atoms with Crippen LogP contribution in [0.25, 0.3) is 0 Å². The minimum atomic E-state index is 0.0330. The average molecular weight is 257 g/mol. The summed E-state index contributed by atoms with van der Waals surface area (Å²) in [5.41, 5.74) is 5.14. The summed E-state index contributed by atoms with van der Waals surface area (Å²) < 4.78 is 0. The summed E-state index contributed by atoms with van der Waals surface area (Å²) in [5.74, 6) is 0.0330. The van der Waals surface area contributed by atoms with Crippen molar-refractivity contribution in [3.05, 3.63) is 46.8 Å². The number of carbonyl (C=O) groups excluding carboxylic acids is 1. The quantitative estimate of drug-likeness (QED) is 0.884. The molecule has 0 aliphatic carbocycles. The maximum atomic E-state index is 11.9. The molecule has 19 heavy (non-hydrogen) atoms. The highest BCUT2D eigenvalue weighted by Crippen LogP contribution is 2.13. The maximum absolute atomic E-state index is 11.9. The molecule has 0 saturated carbocycles. The van der Waals surface area contributed by atoms with Gasteiger partial charge >= 0.3 is 0 Å². The standard InChI is InChI=1S/C15H19N3O/c1-10-5-4-6-13(9-10)16-15(19)8-7-14-11(2)17-18-12(14)3/h4-6,9H,7-8H2,1-3H3,(H,16,19)(H,17,18). The lowest BCUT2D eigenvalue weighted by Crippen LogP contribution is -2.12. The van der Waals surface area contributed by atoms with Crippen molar-refractivity contribution in [2.24, 2.45) is 0 Å². The summed E-state index contributed by atoms with van der Waals surface area (Å²) in [6.45, 7) is 5.94. The van der Waals surface area contributed by atoms with E-state index in [1.54, 1.807) is 0 Å². The van der Waals surface area contributed by atoms with E-state index in [-0.39, 0.29) is 5.91 Å². The van der Waals surface area contributed by atoms with Gasteiger partial charge in [-0.25, -0.2) is 0 Å². The number of rotatable bonds is 4. The third kappa shape index (κ3) is 3.44. The van der Waals surface area contributed by atoms with Crippen molar-refractivity contribution in [1.29, 1.82) is 0 Å². The van der Waals surface area contributed by atoms with Gasteiger partial charge in [0, 0.05) is 17.8 Å². The van der Waals surface area contributed by atoms with Crippen LogP contribution in [0, 0.1) is 20.8 Å². The lowest BCUT2D eigenvalue weighted by atomic mass is 10.1. The van der Waals surface area contributed by atoms with E-state index in [1.807, 2.05) is 45.0 Å². The molecule has 1 heterocycles. The first-order valence-corrected chi connectivity index (χ1v) is 6.43. The van der Waals surface area contributed by atoms with Crippen molar-refractivity contribution in [2.45, 2.75) is 33.6 Å². The van der Waals surface area contributed by atoms with Gasteiger partial charge < -0.3 is 5.32 Å². The van der Waals surface area contributed by atoms with E-state index < -0.39 is 0 Å². The van der Waals surface area contributed by atoms with Gasteiger partial charge in [-0.05, 0) is 50.5 Å². The zero-order chi connectivity index (χ0) is 13.8. The molecule has 2 rings (SSSR count). The van der Waals surface area contributed by atoms with Gasteiger partial charge in [0.05, 0.1) is 5.69 Å². The van der Waals surface area contributed by atoms with E-state index in [4.69, 9.17) is 0 Å². The summed E-state index contributed by atoms with van der Waals surface area (Å²) in [5, 5.41) is 9.98. The topological polar surface area (TPSA) is 57.8 Å². The molecule has 4 heteroatoms. The Balaban J connectivity index is 1.92. The molecule has 1 amide bonds. The fourth-order valence-corrected chi connectivity index (χ4v) is 2.13. The third-order valence-corrected chi connectivity index (χ3v) is 3.18. The van der Waals surface area contributed by atoms with Crippen molar-refractivity contribution >= 4 is 11.6 Å². The van der Waals surface area contributed by atoms with Gasteiger partial charge in [-0.1, -0.05) is 12.1 Å². The minimum Gasteiger partial charge on any atom is -0.326 e. The molecule has 0 aliphatic rings. The molecule has 0 unspecified atom stereocenters. The van der Waals surface area contributed by atoms with Crippen LogP contribution in [-0.4, -0.2) is 16.1 Å². The highest BCUT2D eigenvalue weighted by atomic mass is 16.1. The molecule has 2 N–H and O–H groups in total. The van der Waals surface area contributed by atoms with E-state index >= 15 is 0 Å². The summed E-state index contributed by atoms with van der Waals surface area (Å²) >= 11 is 0. The molecule has 1 aromatic carbocycles. The lowest BCUT2D eigenvalue weighted by Gasteiger charge is -2.06. The number of amides is 1. The Labute approximate surface area is 113 Å². The summed E-state index contributed by atoms with van der Waals surface area (Å²) in [7, 11) is 0. The van der Waals surface area contributed by atoms with Crippen LogP contribution in [0.1, 0.15) is 28.9 Å². The molecule has 0 spiro atoms. The molecule has 4 nitrogen and oxygen atoms in total. The number of hydrogen-bond acceptors (Lipinski definition) is 2. The van der Waals surface area contributed by atoms with E-state index in [1.165, 1.54) is 0 Å². The van der Waals surface area contributed by atoms with Gasteiger partial charge in [-0.3, -0.25) is 9.89 Å². The Morgan fingerprint density at radius 2 is 2.11 bits per heavy atom. The van der Waals surface area contributed by atoms with Gasteiger partial charge in [-0.2, -0.15) is 5.10 Å². The Morgan fingerprint density at radius 1 is 1.32 bits per heavy atom. The van der Waals surface area contributed by atoms with Crippen LogP contribution in [0.3, 0.4) is 0 Å². The number of aryl methyl sites for hydroxylation is 3. The number of hydrogen-bond donors (Lipinski definition) is 2. The number of anilines is 1. The van der Waals surface area contributed by atoms with Gasteiger partial charge in [-0.15, -0.1) is 0 Å². The van der Waals surface area contributed by atoms with Crippen LogP contribution in [-0.2, 0) is 11.2 Å². The highest BCUT2D eigenvalue weighted by molar-refractivity contribution is 5.90. The molecule has 1 aromatic heterocycles. The molecule has 0 fully saturated rings. The smallest absolute Gasteiger partial charge is 0.224 e. The van der Waals surface area contributed by atoms with Gasteiger partial charge in [0.2, 0.25) is 5.91 Å². The van der Waals surface area contributed by atoms with Crippen LogP contribution in [0.15, 0.2) is 24.3 Å². The Bertz CT molecular complexity index is 567. The predicted molar refractivity (Wildman–Crippen MR) is 76.2 cm³/mol. The highest BCUT2D eigenvalue weighted by Gasteiger charge is 2.09. The van der Waals surface area contributed by atoms with E-state index in [2.05, 4.69) is 15.5 Å². The molecule has 100 valence electrons. The number of aromatic nitrogens is 2. The monoisotopic (exact) mass is 257 g/mol. The molecule has 0 saturated heterocycles. The normalized spacial score (nSPS) is 10.5. The number of nitrogens with one attached hydrogen (secondary N) is 2. The Morgan fingerprint density at radius 3 is 2.74 bits per heavy atom.